The first-order valence-electron chi connectivity index (χ1n) is 11.7. The summed E-state index contributed by atoms with van der Waals surface area (Å²) in [6.07, 6.45) is 20.7. The standard InChI is InChI=1S/C25H48O2/c1-6-7-8-9-10-11-12-13-14-15-16-17-20-23(25(3,4)5)21-18-19-22(2)24(26)27/h23H,2,6-21H2,1,3-5H3,(H,26,27). The molecule has 0 saturated heterocycles. The van der Waals surface area contributed by atoms with E-state index in [1.165, 1.54) is 83.5 Å². The van der Waals surface area contributed by atoms with Crippen molar-refractivity contribution >= 4 is 5.97 Å². The minimum atomic E-state index is -0.844. The van der Waals surface area contributed by atoms with Crippen molar-refractivity contribution < 1.29 is 9.90 Å². The molecule has 0 aliphatic rings. The highest BCUT2D eigenvalue weighted by atomic mass is 16.4. The Morgan fingerprint density at radius 3 is 1.59 bits per heavy atom. The van der Waals surface area contributed by atoms with Gasteiger partial charge in [-0.05, 0) is 37.0 Å². The van der Waals surface area contributed by atoms with Crippen LogP contribution in [0.3, 0.4) is 0 Å². The van der Waals surface area contributed by atoms with Gasteiger partial charge in [0.05, 0.1) is 0 Å². The van der Waals surface area contributed by atoms with Crippen LogP contribution in [0, 0.1) is 11.3 Å². The molecule has 0 radical (unpaired) electrons. The van der Waals surface area contributed by atoms with Crippen molar-refractivity contribution in [2.24, 2.45) is 11.3 Å². The smallest absolute Gasteiger partial charge is 0.330 e. The molecule has 0 aromatic heterocycles. The molecule has 0 aromatic carbocycles. The van der Waals surface area contributed by atoms with Crippen LogP contribution in [0.25, 0.3) is 0 Å². The Morgan fingerprint density at radius 1 is 0.778 bits per heavy atom. The van der Waals surface area contributed by atoms with Gasteiger partial charge >= 0.3 is 5.97 Å². The van der Waals surface area contributed by atoms with Crippen LogP contribution < -0.4 is 0 Å². The van der Waals surface area contributed by atoms with Gasteiger partial charge in [0, 0.05) is 5.57 Å². The number of unbranched alkanes of at least 4 members (excludes halogenated alkanes) is 11. The zero-order valence-corrected chi connectivity index (χ0v) is 19.0. The van der Waals surface area contributed by atoms with E-state index in [2.05, 4.69) is 34.3 Å². The Morgan fingerprint density at radius 2 is 1.19 bits per heavy atom. The van der Waals surface area contributed by atoms with Crippen molar-refractivity contribution in [1.29, 1.82) is 0 Å². The van der Waals surface area contributed by atoms with Crippen molar-refractivity contribution in [2.75, 3.05) is 0 Å². The molecule has 0 aliphatic carbocycles. The van der Waals surface area contributed by atoms with E-state index in [9.17, 15) is 4.79 Å². The van der Waals surface area contributed by atoms with E-state index in [0.717, 1.165) is 12.8 Å². The fourth-order valence-electron chi connectivity index (χ4n) is 3.91. The minimum absolute atomic E-state index is 0.308. The van der Waals surface area contributed by atoms with Gasteiger partial charge in [-0.3, -0.25) is 0 Å². The molecule has 0 aliphatic heterocycles. The first-order chi connectivity index (χ1) is 12.8. The highest BCUT2D eigenvalue weighted by molar-refractivity contribution is 5.85. The lowest BCUT2D eigenvalue weighted by atomic mass is 9.75. The van der Waals surface area contributed by atoms with E-state index in [1.807, 2.05) is 0 Å². The van der Waals surface area contributed by atoms with Crippen LogP contribution in [-0.2, 0) is 4.79 Å². The third kappa shape index (κ3) is 15.9. The van der Waals surface area contributed by atoms with Crippen molar-refractivity contribution in [3.8, 4) is 0 Å². The van der Waals surface area contributed by atoms with E-state index in [1.54, 1.807) is 0 Å². The van der Waals surface area contributed by atoms with Crippen LogP contribution in [0.4, 0.5) is 0 Å². The van der Waals surface area contributed by atoms with Gasteiger partial charge in [-0.2, -0.15) is 0 Å². The van der Waals surface area contributed by atoms with Gasteiger partial charge in [0.1, 0.15) is 0 Å². The average Bonchev–Trinajstić information content (AvgIpc) is 2.59. The highest BCUT2D eigenvalue weighted by Crippen LogP contribution is 2.34. The number of hydrogen-bond donors (Lipinski definition) is 1. The molecule has 27 heavy (non-hydrogen) atoms. The number of aliphatic carboxylic acids is 1. The molecule has 160 valence electrons. The van der Waals surface area contributed by atoms with Gasteiger partial charge in [0.25, 0.3) is 0 Å². The largest absolute Gasteiger partial charge is 0.478 e. The summed E-state index contributed by atoms with van der Waals surface area (Å²) in [5.74, 6) is -0.162. The van der Waals surface area contributed by atoms with Gasteiger partial charge in [0.2, 0.25) is 0 Å². The van der Waals surface area contributed by atoms with Crippen LogP contribution >= 0.6 is 0 Å². The monoisotopic (exact) mass is 380 g/mol. The van der Waals surface area contributed by atoms with E-state index in [-0.39, 0.29) is 0 Å². The number of hydrogen-bond acceptors (Lipinski definition) is 1. The van der Waals surface area contributed by atoms with Gasteiger partial charge in [-0.25, -0.2) is 4.79 Å². The van der Waals surface area contributed by atoms with Crippen molar-refractivity contribution in [1.82, 2.24) is 0 Å². The summed E-state index contributed by atoms with van der Waals surface area (Å²) in [5.41, 5.74) is 0.663. The summed E-state index contributed by atoms with van der Waals surface area (Å²) in [6, 6.07) is 0. The van der Waals surface area contributed by atoms with Crippen molar-refractivity contribution in [2.45, 2.75) is 130 Å². The van der Waals surface area contributed by atoms with Crippen LogP contribution in [0.2, 0.25) is 0 Å². The zero-order chi connectivity index (χ0) is 20.5. The first kappa shape index (κ1) is 26.2. The van der Waals surface area contributed by atoms with E-state index in [0.29, 0.717) is 23.3 Å². The van der Waals surface area contributed by atoms with Gasteiger partial charge < -0.3 is 5.11 Å². The molecule has 0 amide bonds. The fraction of sp³-hybridized carbons (Fsp3) is 0.880. The third-order valence-electron chi connectivity index (χ3n) is 5.96. The Kier molecular flexibility index (Phi) is 15.7. The summed E-state index contributed by atoms with van der Waals surface area (Å²) in [6.45, 7) is 12.9. The normalized spacial score (nSPS) is 12.9. The molecule has 0 fully saturated rings. The van der Waals surface area contributed by atoms with Crippen LogP contribution in [-0.4, -0.2) is 11.1 Å². The fourth-order valence-corrected chi connectivity index (χ4v) is 3.91. The maximum Gasteiger partial charge on any atom is 0.330 e. The summed E-state index contributed by atoms with van der Waals surface area (Å²) >= 11 is 0. The molecule has 1 atom stereocenters. The molecule has 1 N–H and O–H groups in total. The molecule has 2 heteroatoms. The van der Waals surface area contributed by atoms with Gasteiger partial charge in [0.15, 0.2) is 0 Å². The Hall–Kier alpha value is -0.790. The third-order valence-corrected chi connectivity index (χ3v) is 5.96. The molecule has 2 nitrogen and oxygen atoms in total. The number of carbonyl (C=O) groups is 1. The van der Waals surface area contributed by atoms with Crippen LogP contribution in [0.15, 0.2) is 12.2 Å². The van der Waals surface area contributed by atoms with Gasteiger partial charge in [-0.15, -0.1) is 0 Å². The van der Waals surface area contributed by atoms with Crippen LogP contribution in [0.1, 0.15) is 130 Å². The molecule has 0 spiro atoms. The second-order valence-electron chi connectivity index (χ2n) is 9.54. The average molecular weight is 381 g/mol. The maximum absolute atomic E-state index is 10.9. The lowest BCUT2D eigenvalue weighted by Gasteiger charge is -2.31. The molecular weight excluding hydrogens is 332 g/mol. The maximum atomic E-state index is 10.9. The molecule has 0 heterocycles. The quantitative estimate of drug-likeness (QED) is 0.191. The van der Waals surface area contributed by atoms with E-state index < -0.39 is 5.97 Å². The molecular formula is C25H48O2. The summed E-state index contributed by atoms with van der Waals surface area (Å²) in [7, 11) is 0. The molecule has 0 aromatic rings. The predicted molar refractivity (Wildman–Crippen MR) is 119 cm³/mol. The Bertz CT molecular complexity index is 378. The molecule has 1 unspecified atom stereocenters. The summed E-state index contributed by atoms with van der Waals surface area (Å²) < 4.78 is 0. The first-order valence-corrected chi connectivity index (χ1v) is 11.7. The Balaban J connectivity index is 3.71. The SMILES string of the molecule is C=C(CCCC(CCCCCCCCCCCCCC)C(C)(C)C)C(=O)O. The lowest BCUT2D eigenvalue weighted by Crippen LogP contribution is -2.20. The van der Waals surface area contributed by atoms with Gasteiger partial charge in [-0.1, -0.05) is 111 Å². The van der Waals surface area contributed by atoms with Crippen molar-refractivity contribution in [3.05, 3.63) is 12.2 Å². The second kappa shape index (κ2) is 16.2. The molecule has 0 rings (SSSR count). The summed E-state index contributed by atoms with van der Waals surface area (Å²) in [4.78, 5) is 10.9. The topological polar surface area (TPSA) is 37.3 Å². The number of carboxylic acid groups (broad SMARTS) is 1. The van der Waals surface area contributed by atoms with E-state index in [4.69, 9.17) is 5.11 Å². The lowest BCUT2D eigenvalue weighted by molar-refractivity contribution is -0.132. The second-order valence-corrected chi connectivity index (χ2v) is 9.54. The Labute approximate surface area is 170 Å². The summed E-state index contributed by atoms with van der Waals surface area (Å²) in [5, 5.41) is 8.93. The number of rotatable bonds is 18. The highest BCUT2D eigenvalue weighted by Gasteiger charge is 2.23. The predicted octanol–water partition coefficient (Wildman–Crippen LogP) is 8.55. The van der Waals surface area contributed by atoms with E-state index >= 15 is 0 Å². The number of carboxylic acids is 1. The molecule has 0 saturated carbocycles. The van der Waals surface area contributed by atoms with Crippen LogP contribution in [0.5, 0.6) is 0 Å². The van der Waals surface area contributed by atoms with Crippen molar-refractivity contribution in [3.63, 3.8) is 0 Å². The molecule has 0 bridgehead atoms. The zero-order valence-electron chi connectivity index (χ0n) is 19.0. The minimum Gasteiger partial charge on any atom is -0.478 e.